The zero-order valence-corrected chi connectivity index (χ0v) is 17.0. The number of amides is 1. The summed E-state index contributed by atoms with van der Waals surface area (Å²) in [4.78, 5) is 29.3. The summed E-state index contributed by atoms with van der Waals surface area (Å²) >= 11 is 5.97. The molecule has 152 valence electrons. The molecule has 7 nitrogen and oxygen atoms in total. The normalized spacial score (nSPS) is 24.8. The van der Waals surface area contributed by atoms with Gasteiger partial charge in [-0.3, -0.25) is 14.3 Å². The van der Waals surface area contributed by atoms with Crippen molar-refractivity contribution >= 4 is 28.6 Å². The molecule has 8 heteroatoms. The number of hydrogen-bond acceptors (Lipinski definition) is 5. The Bertz CT molecular complexity index is 906. The summed E-state index contributed by atoms with van der Waals surface area (Å²) < 4.78 is 12.7. The quantitative estimate of drug-likeness (QED) is 0.782. The fraction of sp³-hybridized carbons (Fsp3) is 0.600. The van der Waals surface area contributed by atoms with Gasteiger partial charge in [0, 0.05) is 43.2 Å². The molecular weight excluding hydrogens is 382 g/mol. The van der Waals surface area contributed by atoms with Gasteiger partial charge in [0.1, 0.15) is 0 Å². The Labute approximate surface area is 168 Å². The van der Waals surface area contributed by atoms with E-state index in [1.165, 1.54) is 0 Å². The maximum atomic E-state index is 12.9. The molecule has 0 bridgehead atoms. The lowest BCUT2D eigenvalue weighted by Gasteiger charge is -2.39. The summed E-state index contributed by atoms with van der Waals surface area (Å²) in [5.74, 6) is -0.0978. The van der Waals surface area contributed by atoms with E-state index in [2.05, 4.69) is 4.90 Å². The van der Waals surface area contributed by atoms with Crippen molar-refractivity contribution in [3.63, 3.8) is 0 Å². The number of carbonyl (C=O) groups excluding carboxylic acids is 1. The van der Waals surface area contributed by atoms with Crippen LogP contribution >= 0.6 is 11.6 Å². The molecule has 0 unspecified atom stereocenters. The minimum atomic E-state index is -0.383. The summed E-state index contributed by atoms with van der Waals surface area (Å²) in [6.07, 6.45) is 1.77. The fourth-order valence-corrected chi connectivity index (χ4v) is 4.47. The highest BCUT2D eigenvalue weighted by molar-refractivity contribution is 6.31. The van der Waals surface area contributed by atoms with Gasteiger partial charge in [0.15, 0.2) is 5.58 Å². The molecular formula is C20H26ClN3O4. The molecule has 2 aliphatic rings. The van der Waals surface area contributed by atoms with Crippen molar-refractivity contribution in [2.75, 3.05) is 26.2 Å². The van der Waals surface area contributed by atoms with Gasteiger partial charge in [-0.2, -0.15) is 0 Å². The molecule has 0 aliphatic carbocycles. The lowest BCUT2D eigenvalue weighted by Crippen LogP contribution is -2.51. The fourth-order valence-electron chi connectivity index (χ4n) is 4.31. The highest BCUT2D eigenvalue weighted by atomic mass is 35.5. The standard InChI is InChI=1S/C20H26ClN3O4/c1-13-10-23(11-14(2)27-13)19(25)15-5-7-22(8-6-15)12-24-17-4-3-16(21)9-18(17)28-20(24)26/h3-4,9,13-15H,5-8,10-12H2,1-2H3/t13-,14-/m1/s1. The largest absolute Gasteiger partial charge is 0.421 e. The first kappa shape index (κ1) is 19.5. The van der Waals surface area contributed by atoms with Crippen molar-refractivity contribution in [3.8, 4) is 0 Å². The van der Waals surface area contributed by atoms with Crippen LogP contribution in [0.1, 0.15) is 26.7 Å². The summed E-state index contributed by atoms with van der Waals surface area (Å²) in [6, 6.07) is 5.22. The predicted octanol–water partition coefficient (Wildman–Crippen LogP) is 2.55. The van der Waals surface area contributed by atoms with Gasteiger partial charge < -0.3 is 14.1 Å². The minimum Gasteiger partial charge on any atom is -0.408 e. The van der Waals surface area contributed by atoms with Crippen molar-refractivity contribution in [3.05, 3.63) is 33.8 Å². The number of ether oxygens (including phenoxy) is 1. The third kappa shape index (κ3) is 3.97. The van der Waals surface area contributed by atoms with E-state index in [0.29, 0.717) is 30.4 Å². The maximum Gasteiger partial charge on any atom is 0.421 e. The number of morpholine rings is 1. The lowest BCUT2D eigenvalue weighted by atomic mass is 9.95. The molecule has 1 amide bonds. The van der Waals surface area contributed by atoms with Crippen molar-refractivity contribution < 1.29 is 13.9 Å². The molecule has 3 heterocycles. The zero-order valence-electron chi connectivity index (χ0n) is 16.3. The number of carbonyl (C=O) groups is 1. The molecule has 0 N–H and O–H groups in total. The van der Waals surface area contributed by atoms with Gasteiger partial charge in [-0.25, -0.2) is 4.79 Å². The number of halogens is 1. The van der Waals surface area contributed by atoms with Crippen LogP contribution in [0.5, 0.6) is 0 Å². The van der Waals surface area contributed by atoms with E-state index >= 15 is 0 Å². The summed E-state index contributed by atoms with van der Waals surface area (Å²) in [7, 11) is 0. The predicted molar refractivity (Wildman–Crippen MR) is 106 cm³/mol. The molecule has 2 fully saturated rings. The van der Waals surface area contributed by atoms with E-state index in [1.807, 2.05) is 18.7 Å². The molecule has 28 heavy (non-hydrogen) atoms. The summed E-state index contributed by atoms with van der Waals surface area (Å²) in [5.41, 5.74) is 1.24. The van der Waals surface area contributed by atoms with Crippen molar-refractivity contribution in [1.29, 1.82) is 0 Å². The Balaban J connectivity index is 1.38. The van der Waals surface area contributed by atoms with E-state index in [-0.39, 0.29) is 29.8 Å². The second-order valence-electron chi connectivity index (χ2n) is 7.94. The number of piperidine rings is 1. The van der Waals surface area contributed by atoms with Gasteiger partial charge in [0.05, 0.1) is 24.4 Å². The van der Waals surface area contributed by atoms with Gasteiger partial charge in [-0.05, 0) is 38.8 Å². The van der Waals surface area contributed by atoms with Gasteiger partial charge in [0.2, 0.25) is 5.91 Å². The number of oxazole rings is 1. The summed E-state index contributed by atoms with van der Waals surface area (Å²) in [6.45, 7) is 7.37. The van der Waals surface area contributed by atoms with Crippen LogP contribution in [0.25, 0.3) is 11.1 Å². The SMILES string of the molecule is C[C@@H]1CN(C(=O)C2CCN(Cn3c(=O)oc4cc(Cl)ccc43)CC2)C[C@@H](C)O1. The van der Waals surface area contributed by atoms with E-state index in [9.17, 15) is 9.59 Å². The lowest BCUT2D eigenvalue weighted by molar-refractivity contribution is -0.149. The van der Waals surface area contributed by atoms with Crippen LogP contribution in [0.3, 0.4) is 0 Å². The highest BCUT2D eigenvalue weighted by Gasteiger charge is 2.32. The summed E-state index contributed by atoms with van der Waals surface area (Å²) in [5, 5.41) is 0.541. The molecule has 1 aromatic carbocycles. The first-order valence-corrected chi connectivity index (χ1v) is 10.2. The Hall–Kier alpha value is -1.83. The molecule has 0 spiro atoms. The third-order valence-corrected chi connectivity index (χ3v) is 5.87. The molecule has 2 aliphatic heterocycles. The Kier molecular flexibility index (Phi) is 5.49. The van der Waals surface area contributed by atoms with Gasteiger partial charge in [-0.1, -0.05) is 11.6 Å². The number of fused-ring (bicyclic) bond motifs is 1. The molecule has 2 aromatic rings. The zero-order chi connectivity index (χ0) is 19.8. The van der Waals surface area contributed by atoms with E-state index in [1.54, 1.807) is 22.8 Å². The number of nitrogens with zero attached hydrogens (tertiary/aromatic N) is 3. The van der Waals surface area contributed by atoms with Gasteiger partial charge in [-0.15, -0.1) is 0 Å². The smallest absolute Gasteiger partial charge is 0.408 e. The van der Waals surface area contributed by atoms with Crippen molar-refractivity contribution in [2.24, 2.45) is 5.92 Å². The van der Waals surface area contributed by atoms with E-state index < -0.39 is 0 Å². The first-order valence-electron chi connectivity index (χ1n) is 9.86. The molecule has 2 atom stereocenters. The molecule has 4 rings (SSSR count). The Morgan fingerprint density at radius 3 is 2.54 bits per heavy atom. The topological polar surface area (TPSA) is 67.9 Å². The maximum absolute atomic E-state index is 12.9. The Morgan fingerprint density at radius 2 is 1.86 bits per heavy atom. The number of hydrogen-bond donors (Lipinski definition) is 0. The molecule has 1 aromatic heterocycles. The monoisotopic (exact) mass is 407 g/mol. The average Bonchev–Trinajstić information content (AvgIpc) is 2.95. The number of rotatable bonds is 3. The van der Waals surface area contributed by atoms with Crippen LogP contribution in [0, 0.1) is 5.92 Å². The Morgan fingerprint density at radius 1 is 1.18 bits per heavy atom. The molecule has 2 saturated heterocycles. The minimum absolute atomic E-state index is 0.0466. The van der Waals surface area contributed by atoms with Crippen LogP contribution < -0.4 is 5.76 Å². The second kappa shape index (κ2) is 7.89. The van der Waals surface area contributed by atoms with E-state index in [4.69, 9.17) is 20.8 Å². The van der Waals surface area contributed by atoms with Crippen LogP contribution in [0.15, 0.2) is 27.4 Å². The van der Waals surface area contributed by atoms with E-state index in [0.717, 1.165) is 31.4 Å². The first-order chi connectivity index (χ1) is 13.4. The highest BCUT2D eigenvalue weighted by Crippen LogP contribution is 2.24. The van der Waals surface area contributed by atoms with Gasteiger partial charge in [0.25, 0.3) is 0 Å². The third-order valence-electron chi connectivity index (χ3n) is 5.64. The van der Waals surface area contributed by atoms with Crippen molar-refractivity contribution in [2.45, 2.75) is 45.6 Å². The van der Waals surface area contributed by atoms with Crippen LogP contribution in [0.4, 0.5) is 0 Å². The van der Waals surface area contributed by atoms with Gasteiger partial charge >= 0.3 is 5.76 Å². The average molecular weight is 408 g/mol. The van der Waals surface area contributed by atoms with Crippen LogP contribution in [0.2, 0.25) is 5.02 Å². The second-order valence-corrected chi connectivity index (χ2v) is 8.38. The van der Waals surface area contributed by atoms with Crippen LogP contribution in [-0.2, 0) is 16.2 Å². The number of aromatic nitrogens is 1. The molecule has 0 radical (unpaired) electrons. The number of likely N-dealkylation sites (tertiary alicyclic amines) is 1. The van der Waals surface area contributed by atoms with Crippen LogP contribution in [-0.4, -0.2) is 58.7 Å². The molecule has 0 saturated carbocycles. The number of benzene rings is 1. The van der Waals surface area contributed by atoms with Crippen molar-refractivity contribution in [1.82, 2.24) is 14.4 Å².